The zero-order valence-electron chi connectivity index (χ0n) is 12.4. The molecule has 0 aliphatic rings. The number of hydrogen-bond acceptors (Lipinski definition) is 3. The average molecular weight is 299 g/mol. The van der Waals surface area contributed by atoms with Crippen LogP contribution in [-0.4, -0.2) is 11.0 Å². The van der Waals surface area contributed by atoms with Crippen molar-refractivity contribution in [3.05, 3.63) is 38.9 Å². The van der Waals surface area contributed by atoms with E-state index >= 15 is 0 Å². The van der Waals surface area contributed by atoms with Crippen molar-refractivity contribution in [2.45, 2.75) is 52.6 Å². The maximum absolute atomic E-state index is 11.0. The number of nitrogens with one attached hydrogen (secondary N) is 1. The Labute approximate surface area is 125 Å². The van der Waals surface area contributed by atoms with E-state index in [1.807, 2.05) is 0 Å². The van der Waals surface area contributed by atoms with Crippen LogP contribution in [0.1, 0.15) is 45.6 Å². The number of hydrogen-bond donors (Lipinski definition) is 1. The first kappa shape index (κ1) is 16.9. The molecule has 112 valence electrons. The molecular weight excluding hydrogens is 276 g/mol. The van der Waals surface area contributed by atoms with Crippen molar-refractivity contribution in [3.8, 4) is 0 Å². The van der Waals surface area contributed by atoms with Gasteiger partial charge < -0.3 is 5.32 Å². The Kier molecular flexibility index (Phi) is 6.96. The highest BCUT2D eigenvalue weighted by atomic mass is 35.5. The maximum atomic E-state index is 11.0. The van der Waals surface area contributed by atoms with Crippen LogP contribution in [-0.2, 0) is 6.54 Å². The molecule has 0 bridgehead atoms. The summed E-state index contributed by atoms with van der Waals surface area (Å²) in [5.41, 5.74) is 0.647. The molecule has 20 heavy (non-hydrogen) atoms. The summed E-state index contributed by atoms with van der Waals surface area (Å²) in [6.07, 6.45) is 3.44. The highest BCUT2D eigenvalue weighted by Gasteiger charge is 2.16. The molecule has 0 aliphatic heterocycles. The molecule has 0 amide bonds. The minimum atomic E-state index is -0.383. The molecule has 0 aliphatic carbocycles. The third-order valence-corrected chi connectivity index (χ3v) is 3.69. The largest absolute Gasteiger partial charge is 0.310 e. The van der Waals surface area contributed by atoms with Crippen LogP contribution < -0.4 is 5.32 Å². The van der Waals surface area contributed by atoms with Crippen LogP contribution in [0.25, 0.3) is 0 Å². The topological polar surface area (TPSA) is 55.2 Å². The third-order valence-electron chi connectivity index (χ3n) is 3.34. The van der Waals surface area contributed by atoms with Gasteiger partial charge in [0.1, 0.15) is 0 Å². The van der Waals surface area contributed by atoms with Crippen LogP contribution in [0.15, 0.2) is 18.2 Å². The summed E-state index contributed by atoms with van der Waals surface area (Å²) in [5, 5.41) is 14.8. The Morgan fingerprint density at radius 2 is 2.00 bits per heavy atom. The summed E-state index contributed by atoms with van der Waals surface area (Å²) in [4.78, 5) is 10.6. The first-order valence-electron chi connectivity index (χ1n) is 7.07. The van der Waals surface area contributed by atoms with Crippen LogP contribution in [0.3, 0.4) is 0 Å². The molecule has 0 saturated heterocycles. The van der Waals surface area contributed by atoms with Gasteiger partial charge in [-0.05, 0) is 25.3 Å². The molecule has 5 heteroatoms. The zero-order chi connectivity index (χ0) is 15.1. The summed E-state index contributed by atoms with van der Waals surface area (Å²) >= 11 is 6.06. The number of nitrogens with zero attached hydrogens (tertiary/aromatic N) is 1. The van der Waals surface area contributed by atoms with E-state index in [0.717, 1.165) is 12.8 Å². The first-order valence-corrected chi connectivity index (χ1v) is 7.44. The Balaban J connectivity index is 2.55. The van der Waals surface area contributed by atoms with Crippen molar-refractivity contribution < 1.29 is 4.92 Å². The van der Waals surface area contributed by atoms with Gasteiger partial charge in [0.05, 0.1) is 15.5 Å². The van der Waals surface area contributed by atoms with Crippen molar-refractivity contribution in [3.63, 3.8) is 0 Å². The molecule has 1 aromatic carbocycles. The minimum absolute atomic E-state index is 0.0828. The highest BCUT2D eigenvalue weighted by Crippen LogP contribution is 2.26. The van der Waals surface area contributed by atoms with E-state index in [9.17, 15) is 10.1 Å². The van der Waals surface area contributed by atoms with Gasteiger partial charge in [-0.15, -0.1) is 0 Å². The van der Waals surface area contributed by atoms with Crippen LogP contribution in [0.4, 0.5) is 5.69 Å². The zero-order valence-corrected chi connectivity index (χ0v) is 13.1. The fraction of sp³-hybridized carbons (Fsp3) is 0.600. The molecule has 0 fully saturated rings. The summed E-state index contributed by atoms with van der Waals surface area (Å²) in [5.74, 6) is 0.715. The lowest BCUT2D eigenvalue weighted by atomic mass is 10.0. The lowest BCUT2D eigenvalue weighted by Gasteiger charge is -2.15. The fourth-order valence-electron chi connectivity index (χ4n) is 2.10. The van der Waals surface area contributed by atoms with Crippen LogP contribution in [0.5, 0.6) is 0 Å². The Hall–Kier alpha value is -1.13. The number of rotatable bonds is 8. The number of nitro benzene ring substituents is 1. The summed E-state index contributed by atoms with van der Waals surface area (Å²) in [6, 6.07) is 5.11. The van der Waals surface area contributed by atoms with Gasteiger partial charge in [-0.1, -0.05) is 44.4 Å². The van der Waals surface area contributed by atoms with E-state index in [0.29, 0.717) is 29.1 Å². The van der Waals surface area contributed by atoms with Crippen LogP contribution >= 0.6 is 11.6 Å². The van der Waals surface area contributed by atoms with E-state index in [2.05, 4.69) is 26.1 Å². The molecule has 0 saturated carbocycles. The van der Waals surface area contributed by atoms with E-state index in [4.69, 9.17) is 11.6 Å². The minimum Gasteiger partial charge on any atom is -0.310 e. The monoisotopic (exact) mass is 298 g/mol. The van der Waals surface area contributed by atoms with Crippen LogP contribution in [0.2, 0.25) is 5.02 Å². The maximum Gasteiger partial charge on any atom is 0.275 e. The second kappa shape index (κ2) is 8.22. The fourth-order valence-corrected chi connectivity index (χ4v) is 2.34. The second-order valence-corrected chi connectivity index (χ2v) is 6.01. The summed E-state index contributed by atoms with van der Waals surface area (Å²) in [7, 11) is 0. The van der Waals surface area contributed by atoms with Crippen molar-refractivity contribution in [1.82, 2.24) is 5.32 Å². The predicted molar refractivity (Wildman–Crippen MR) is 83.1 cm³/mol. The Morgan fingerprint density at radius 3 is 2.60 bits per heavy atom. The molecule has 0 radical (unpaired) electrons. The smallest absolute Gasteiger partial charge is 0.275 e. The van der Waals surface area contributed by atoms with Crippen LogP contribution in [0, 0.1) is 16.0 Å². The number of halogens is 1. The van der Waals surface area contributed by atoms with Gasteiger partial charge in [-0.2, -0.15) is 0 Å². The normalized spacial score (nSPS) is 12.7. The van der Waals surface area contributed by atoms with Gasteiger partial charge in [0.2, 0.25) is 0 Å². The van der Waals surface area contributed by atoms with E-state index in [-0.39, 0.29) is 10.6 Å². The number of benzene rings is 1. The Morgan fingerprint density at radius 1 is 1.30 bits per heavy atom. The predicted octanol–water partition coefficient (Wildman–Crippen LogP) is 4.55. The van der Waals surface area contributed by atoms with Gasteiger partial charge in [0, 0.05) is 18.7 Å². The van der Waals surface area contributed by atoms with Crippen molar-refractivity contribution in [2.75, 3.05) is 0 Å². The molecule has 1 unspecified atom stereocenters. The lowest BCUT2D eigenvalue weighted by Crippen LogP contribution is -2.26. The third kappa shape index (κ3) is 5.47. The van der Waals surface area contributed by atoms with Gasteiger partial charge in [0.15, 0.2) is 0 Å². The van der Waals surface area contributed by atoms with E-state index in [1.54, 1.807) is 12.1 Å². The van der Waals surface area contributed by atoms with Crippen molar-refractivity contribution in [1.29, 1.82) is 0 Å². The SMILES string of the molecule is CC(C)CCCC(C)NCc1c(Cl)cccc1[N+](=O)[O-]. The molecular formula is C15H23ClN2O2. The lowest BCUT2D eigenvalue weighted by molar-refractivity contribution is -0.385. The molecule has 1 N–H and O–H groups in total. The summed E-state index contributed by atoms with van der Waals surface area (Å²) in [6.45, 7) is 6.96. The number of nitro groups is 1. The quantitative estimate of drug-likeness (QED) is 0.565. The molecule has 0 aromatic heterocycles. The average Bonchev–Trinajstić information content (AvgIpc) is 2.36. The van der Waals surface area contributed by atoms with Gasteiger partial charge in [-0.3, -0.25) is 10.1 Å². The van der Waals surface area contributed by atoms with Gasteiger partial charge >= 0.3 is 0 Å². The molecule has 4 nitrogen and oxygen atoms in total. The first-order chi connectivity index (χ1) is 9.41. The summed E-state index contributed by atoms with van der Waals surface area (Å²) < 4.78 is 0. The molecule has 1 aromatic rings. The van der Waals surface area contributed by atoms with Crippen molar-refractivity contribution >= 4 is 17.3 Å². The van der Waals surface area contributed by atoms with Gasteiger partial charge in [0.25, 0.3) is 5.69 Å². The molecule has 1 rings (SSSR count). The van der Waals surface area contributed by atoms with Gasteiger partial charge in [-0.25, -0.2) is 0 Å². The van der Waals surface area contributed by atoms with E-state index in [1.165, 1.54) is 12.5 Å². The molecule has 0 heterocycles. The van der Waals surface area contributed by atoms with E-state index < -0.39 is 0 Å². The van der Waals surface area contributed by atoms with Crippen molar-refractivity contribution in [2.24, 2.45) is 5.92 Å². The molecule has 1 atom stereocenters. The highest BCUT2D eigenvalue weighted by molar-refractivity contribution is 6.31. The molecule has 0 spiro atoms. The Bertz CT molecular complexity index is 449. The second-order valence-electron chi connectivity index (χ2n) is 5.60. The standard InChI is InChI=1S/C15H23ClN2O2/c1-11(2)6-4-7-12(3)17-10-13-14(16)8-5-9-15(13)18(19)20/h5,8-9,11-12,17H,4,6-7,10H2,1-3H3.